The van der Waals surface area contributed by atoms with E-state index in [9.17, 15) is 14.4 Å². The Bertz CT molecular complexity index is 358. The van der Waals surface area contributed by atoms with Crippen molar-refractivity contribution in [2.45, 2.75) is 33.1 Å². The molecule has 0 saturated carbocycles. The summed E-state index contributed by atoms with van der Waals surface area (Å²) in [6, 6.07) is -0.282. The summed E-state index contributed by atoms with van der Waals surface area (Å²) in [5.41, 5.74) is 0. The van der Waals surface area contributed by atoms with E-state index in [1.54, 1.807) is 21.0 Å². The number of carboxylic acids is 1. The molecule has 21 heavy (non-hydrogen) atoms. The lowest BCUT2D eigenvalue weighted by Crippen LogP contribution is -2.45. The highest BCUT2D eigenvalue weighted by molar-refractivity contribution is 5.83. The fraction of sp³-hybridized carbons (Fsp3) is 0.786. The first-order valence-corrected chi connectivity index (χ1v) is 7.25. The molecule has 0 fully saturated rings. The van der Waals surface area contributed by atoms with Crippen LogP contribution in [-0.2, 0) is 9.59 Å². The SMILES string of the molecule is CCCN(CC(=O)N(C)C)C(=O)NCCCC(C)C(=O)O. The van der Waals surface area contributed by atoms with Gasteiger partial charge in [0.15, 0.2) is 0 Å². The lowest BCUT2D eigenvalue weighted by molar-refractivity contribution is -0.141. The van der Waals surface area contributed by atoms with Gasteiger partial charge in [0.05, 0.1) is 5.92 Å². The van der Waals surface area contributed by atoms with Crippen LogP contribution in [0.25, 0.3) is 0 Å². The van der Waals surface area contributed by atoms with Gasteiger partial charge in [0, 0.05) is 27.2 Å². The van der Waals surface area contributed by atoms with Crippen LogP contribution >= 0.6 is 0 Å². The Labute approximate surface area is 126 Å². The van der Waals surface area contributed by atoms with E-state index in [0.29, 0.717) is 25.9 Å². The molecule has 0 radical (unpaired) electrons. The van der Waals surface area contributed by atoms with E-state index in [0.717, 1.165) is 6.42 Å². The highest BCUT2D eigenvalue weighted by Gasteiger charge is 2.17. The highest BCUT2D eigenvalue weighted by Crippen LogP contribution is 2.04. The van der Waals surface area contributed by atoms with E-state index < -0.39 is 11.9 Å². The predicted molar refractivity (Wildman–Crippen MR) is 80.0 cm³/mol. The van der Waals surface area contributed by atoms with Crippen molar-refractivity contribution in [1.82, 2.24) is 15.1 Å². The largest absolute Gasteiger partial charge is 0.481 e. The fourth-order valence-electron chi connectivity index (χ4n) is 1.67. The van der Waals surface area contributed by atoms with Gasteiger partial charge in [0.2, 0.25) is 5.91 Å². The summed E-state index contributed by atoms with van der Waals surface area (Å²) in [7, 11) is 3.30. The number of amides is 3. The molecule has 0 aromatic rings. The highest BCUT2D eigenvalue weighted by atomic mass is 16.4. The summed E-state index contributed by atoms with van der Waals surface area (Å²) >= 11 is 0. The normalized spacial score (nSPS) is 11.6. The zero-order valence-electron chi connectivity index (χ0n) is 13.4. The Morgan fingerprint density at radius 1 is 1.24 bits per heavy atom. The number of hydrogen-bond donors (Lipinski definition) is 2. The second kappa shape index (κ2) is 10.0. The molecule has 0 heterocycles. The number of urea groups is 1. The minimum absolute atomic E-state index is 0.0538. The zero-order chi connectivity index (χ0) is 16.4. The Balaban J connectivity index is 4.18. The molecule has 1 unspecified atom stereocenters. The molecule has 3 amide bonds. The third kappa shape index (κ3) is 8.16. The van der Waals surface area contributed by atoms with Crippen molar-refractivity contribution in [3.63, 3.8) is 0 Å². The molecule has 0 aromatic heterocycles. The van der Waals surface area contributed by atoms with Gasteiger partial charge in [-0.05, 0) is 19.3 Å². The molecule has 122 valence electrons. The number of carboxylic acid groups (broad SMARTS) is 1. The molecule has 7 heteroatoms. The van der Waals surface area contributed by atoms with Gasteiger partial charge in [-0.2, -0.15) is 0 Å². The number of rotatable bonds is 9. The van der Waals surface area contributed by atoms with Crippen LogP contribution in [0.3, 0.4) is 0 Å². The van der Waals surface area contributed by atoms with Crippen LogP contribution < -0.4 is 5.32 Å². The summed E-state index contributed by atoms with van der Waals surface area (Å²) < 4.78 is 0. The van der Waals surface area contributed by atoms with Gasteiger partial charge in [-0.3, -0.25) is 9.59 Å². The van der Waals surface area contributed by atoms with Crippen LogP contribution in [0.5, 0.6) is 0 Å². The van der Waals surface area contributed by atoms with Crippen molar-refractivity contribution in [1.29, 1.82) is 0 Å². The molecule has 0 aliphatic heterocycles. The predicted octanol–water partition coefficient (Wildman–Crippen LogP) is 0.997. The first kappa shape index (κ1) is 19.2. The Hall–Kier alpha value is -1.79. The quantitative estimate of drug-likeness (QED) is 0.622. The van der Waals surface area contributed by atoms with Crippen molar-refractivity contribution in [3.05, 3.63) is 0 Å². The molecule has 0 aliphatic carbocycles. The van der Waals surface area contributed by atoms with E-state index in [1.807, 2.05) is 6.92 Å². The second-order valence-electron chi connectivity index (χ2n) is 5.32. The number of aliphatic carboxylic acids is 1. The second-order valence-corrected chi connectivity index (χ2v) is 5.32. The molecule has 7 nitrogen and oxygen atoms in total. The summed E-state index contributed by atoms with van der Waals surface area (Å²) in [4.78, 5) is 37.3. The third-order valence-electron chi connectivity index (χ3n) is 3.12. The third-order valence-corrected chi connectivity index (χ3v) is 3.12. The molecular formula is C14H27N3O4. The van der Waals surface area contributed by atoms with E-state index in [1.165, 1.54) is 9.80 Å². The number of nitrogens with zero attached hydrogens (tertiary/aromatic N) is 2. The van der Waals surface area contributed by atoms with Gasteiger partial charge < -0.3 is 20.2 Å². The summed E-state index contributed by atoms with van der Waals surface area (Å²) in [5, 5.41) is 11.5. The Kier molecular flexibility index (Phi) is 9.16. The summed E-state index contributed by atoms with van der Waals surface area (Å²) in [5.74, 6) is -1.37. The van der Waals surface area contributed by atoms with Crippen molar-refractivity contribution < 1.29 is 19.5 Å². The number of hydrogen-bond acceptors (Lipinski definition) is 3. The average Bonchev–Trinajstić information content (AvgIpc) is 2.42. The van der Waals surface area contributed by atoms with Crippen LogP contribution in [0.15, 0.2) is 0 Å². The molecule has 0 bridgehead atoms. The van der Waals surface area contributed by atoms with Gasteiger partial charge in [-0.1, -0.05) is 13.8 Å². The summed E-state index contributed by atoms with van der Waals surface area (Å²) in [6.07, 6.45) is 1.88. The Morgan fingerprint density at radius 3 is 2.33 bits per heavy atom. The van der Waals surface area contributed by atoms with E-state index in [2.05, 4.69) is 5.32 Å². The standard InChI is InChI=1S/C14H27N3O4/c1-5-9-17(10-12(18)16(3)4)14(21)15-8-6-7-11(2)13(19)20/h11H,5-10H2,1-4H3,(H,15,21)(H,19,20). The minimum atomic E-state index is -0.828. The van der Waals surface area contributed by atoms with E-state index in [-0.39, 0.29) is 18.5 Å². The van der Waals surface area contributed by atoms with Crippen LogP contribution in [0.4, 0.5) is 4.79 Å². The molecule has 1 atom stereocenters. The molecule has 0 aliphatic rings. The molecule has 0 saturated heterocycles. The maximum absolute atomic E-state index is 12.0. The number of carbonyl (C=O) groups excluding carboxylic acids is 2. The van der Waals surface area contributed by atoms with Gasteiger partial charge in [0.1, 0.15) is 6.54 Å². The van der Waals surface area contributed by atoms with Gasteiger partial charge in [-0.15, -0.1) is 0 Å². The lowest BCUT2D eigenvalue weighted by atomic mass is 10.1. The zero-order valence-corrected chi connectivity index (χ0v) is 13.4. The van der Waals surface area contributed by atoms with Gasteiger partial charge >= 0.3 is 12.0 Å². The van der Waals surface area contributed by atoms with Crippen molar-refractivity contribution in [2.75, 3.05) is 33.7 Å². The van der Waals surface area contributed by atoms with Crippen molar-refractivity contribution >= 4 is 17.9 Å². The van der Waals surface area contributed by atoms with Crippen LogP contribution in [0.1, 0.15) is 33.1 Å². The summed E-state index contributed by atoms with van der Waals surface area (Å²) in [6.45, 7) is 4.56. The molecule has 0 spiro atoms. The van der Waals surface area contributed by atoms with Crippen LogP contribution in [-0.4, -0.2) is 66.5 Å². The smallest absolute Gasteiger partial charge is 0.317 e. The van der Waals surface area contributed by atoms with Crippen LogP contribution in [0, 0.1) is 5.92 Å². The first-order valence-electron chi connectivity index (χ1n) is 7.25. The maximum atomic E-state index is 12.0. The lowest BCUT2D eigenvalue weighted by Gasteiger charge is -2.23. The van der Waals surface area contributed by atoms with Crippen molar-refractivity contribution in [2.24, 2.45) is 5.92 Å². The van der Waals surface area contributed by atoms with Gasteiger partial charge in [0.25, 0.3) is 0 Å². The maximum Gasteiger partial charge on any atom is 0.317 e. The monoisotopic (exact) mass is 301 g/mol. The van der Waals surface area contributed by atoms with Crippen molar-refractivity contribution in [3.8, 4) is 0 Å². The number of nitrogens with one attached hydrogen (secondary N) is 1. The average molecular weight is 301 g/mol. The topological polar surface area (TPSA) is 90.0 Å². The molecule has 2 N–H and O–H groups in total. The van der Waals surface area contributed by atoms with Gasteiger partial charge in [-0.25, -0.2) is 4.79 Å². The fourth-order valence-corrected chi connectivity index (χ4v) is 1.67. The molecule has 0 aromatic carbocycles. The van der Waals surface area contributed by atoms with Crippen LogP contribution in [0.2, 0.25) is 0 Å². The van der Waals surface area contributed by atoms with E-state index in [4.69, 9.17) is 5.11 Å². The minimum Gasteiger partial charge on any atom is -0.481 e. The Morgan fingerprint density at radius 2 is 1.86 bits per heavy atom. The first-order chi connectivity index (χ1) is 9.79. The molecular weight excluding hydrogens is 274 g/mol. The number of carbonyl (C=O) groups is 3. The van der Waals surface area contributed by atoms with E-state index >= 15 is 0 Å². The number of likely N-dealkylation sites (N-methyl/N-ethyl adjacent to an activating group) is 1. The molecule has 0 rings (SSSR count).